The van der Waals surface area contributed by atoms with Crippen molar-refractivity contribution < 1.29 is 14.6 Å². The monoisotopic (exact) mass is 288 g/mol. The first kappa shape index (κ1) is 15.8. The van der Waals surface area contributed by atoms with Crippen LogP contribution in [0.1, 0.15) is 38.7 Å². The number of esters is 1. The fraction of sp³-hybridized carbons (Fsp3) is 0.500. The molecule has 1 aliphatic carbocycles. The SMILES string of the molecule is CC1C=C(CCO)CC(C)(C(=O)OCc2ccccc2)C1. The first-order valence-corrected chi connectivity index (χ1v) is 7.55. The number of hydrogen-bond donors (Lipinski definition) is 1. The Bertz CT molecular complexity index is 506. The van der Waals surface area contributed by atoms with E-state index in [2.05, 4.69) is 13.0 Å². The Labute approximate surface area is 126 Å². The van der Waals surface area contributed by atoms with E-state index >= 15 is 0 Å². The zero-order valence-corrected chi connectivity index (χ0v) is 12.8. The zero-order valence-electron chi connectivity index (χ0n) is 12.8. The van der Waals surface area contributed by atoms with Crippen LogP contribution < -0.4 is 0 Å². The van der Waals surface area contributed by atoms with E-state index < -0.39 is 5.41 Å². The highest BCUT2D eigenvalue weighted by atomic mass is 16.5. The maximum Gasteiger partial charge on any atom is 0.312 e. The number of rotatable bonds is 5. The van der Waals surface area contributed by atoms with Crippen molar-refractivity contribution in [2.75, 3.05) is 6.61 Å². The highest BCUT2D eigenvalue weighted by molar-refractivity contribution is 5.77. The number of benzene rings is 1. The second kappa shape index (κ2) is 6.90. The Kier molecular flexibility index (Phi) is 5.18. The van der Waals surface area contributed by atoms with Crippen molar-refractivity contribution >= 4 is 5.97 Å². The molecule has 2 atom stereocenters. The first-order chi connectivity index (χ1) is 10.0. The first-order valence-electron chi connectivity index (χ1n) is 7.55. The van der Waals surface area contributed by atoms with Gasteiger partial charge in [0.2, 0.25) is 0 Å². The van der Waals surface area contributed by atoms with Gasteiger partial charge in [-0.05, 0) is 37.7 Å². The van der Waals surface area contributed by atoms with Crippen LogP contribution >= 0.6 is 0 Å². The van der Waals surface area contributed by atoms with Crippen molar-refractivity contribution in [3.63, 3.8) is 0 Å². The molecule has 3 heteroatoms. The van der Waals surface area contributed by atoms with Gasteiger partial charge >= 0.3 is 5.97 Å². The van der Waals surface area contributed by atoms with Crippen LogP contribution in [0.5, 0.6) is 0 Å². The van der Waals surface area contributed by atoms with Gasteiger partial charge in [-0.3, -0.25) is 4.79 Å². The van der Waals surface area contributed by atoms with Crippen LogP contribution in [0.2, 0.25) is 0 Å². The predicted molar refractivity (Wildman–Crippen MR) is 82.5 cm³/mol. The number of hydrogen-bond acceptors (Lipinski definition) is 3. The molecule has 1 aromatic rings. The third-order valence-corrected chi connectivity index (χ3v) is 4.05. The van der Waals surface area contributed by atoms with E-state index in [1.54, 1.807) is 0 Å². The molecule has 0 bridgehead atoms. The minimum Gasteiger partial charge on any atom is -0.460 e. The summed E-state index contributed by atoms with van der Waals surface area (Å²) in [6.07, 6.45) is 4.31. The minimum absolute atomic E-state index is 0.133. The third-order valence-electron chi connectivity index (χ3n) is 4.05. The zero-order chi connectivity index (χ0) is 15.3. The Balaban J connectivity index is 1.99. The van der Waals surface area contributed by atoms with Crippen LogP contribution in [0.15, 0.2) is 42.0 Å². The number of aliphatic hydroxyl groups is 1. The highest BCUT2D eigenvalue weighted by Gasteiger charge is 2.39. The van der Waals surface area contributed by atoms with Crippen molar-refractivity contribution in [3.8, 4) is 0 Å². The quantitative estimate of drug-likeness (QED) is 0.666. The molecular formula is C18H24O3. The summed E-state index contributed by atoms with van der Waals surface area (Å²) in [5, 5.41) is 9.11. The number of ether oxygens (including phenoxy) is 1. The van der Waals surface area contributed by atoms with E-state index in [-0.39, 0.29) is 12.6 Å². The molecule has 0 saturated heterocycles. The van der Waals surface area contributed by atoms with Gasteiger partial charge < -0.3 is 9.84 Å². The van der Waals surface area contributed by atoms with Gasteiger partial charge in [-0.2, -0.15) is 0 Å². The fourth-order valence-corrected chi connectivity index (χ4v) is 3.17. The van der Waals surface area contributed by atoms with E-state index in [4.69, 9.17) is 9.84 Å². The van der Waals surface area contributed by atoms with E-state index in [1.807, 2.05) is 37.3 Å². The van der Waals surface area contributed by atoms with Gasteiger partial charge in [0.1, 0.15) is 6.61 Å². The number of carbonyl (C=O) groups is 1. The van der Waals surface area contributed by atoms with Crippen LogP contribution in [0.25, 0.3) is 0 Å². The van der Waals surface area contributed by atoms with Gasteiger partial charge in [0.05, 0.1) is 5.41 Å². The Morgan fingerprint density at radius 2 is 2.10 bits per heavy atom. The predicted octanol–water partition coefficient (Wildman–Crippen LogP) is 3.47. The lowest BCUT2D eigenvalue weighted by molar-refractivity contribution is -0.157. The number of aliphatic hydroxyl groups excluding tert-OH is 1. The lowest BCUT2D eigenvalue weighted by Gasteiger charge is -2.34. The highest BCUT2D eigenvalue weighted by Crippen LogP contribution is 2.40. The molecule has 0 saturated carbocycles. The van der Waals surface area contributed by atoms with Gasteiger partial charge in [0, 0.05) is 6.61 Å². The summed E-state index contributed by atoms with van der Waals surface area (Å²) in [5.41, 5.74) is 1.69. The number of allylic oxidation sites excluding steroid dienone is 1. The Morgan fingerprint density at radius 3 is 2.76 bits per heavy atom. The average Bonchev–Trinajstić information content (AvgIpc) is 2.45. The molecule has 0 heterocycles. The molecular weight excluding hydrogens is 264 g/mol. The summed E-state index contributed by atoms with van der Waals surface area (Å²) in [5.74, 6) is 0.205. The Hall–Kier alpha value is -1.61. The molecule has 1 aromatic carbocycles. The molecule has 0 radical (unpaired) electrons. The van der Waals surface area contributed by atoms with Crippen molar-refractivity contribution in [1.82, 2.24) is 0 Å². The summed E-state index contributed by atoms with van der Waals surface area (Å²) in [6, 6.07) is 9.74. The molecule has 0 fully saturated rings. The van der Waals surface area contributed by atoms with Crippen LogP contribution in [-0.4, -0.2) is 17.7 Å². The largest absolute Gasteiger partial charge is 0.460 e. The van der Waals surface area contributed by atoms with Gasteiger partial charge in [0.25, 0.3) is 0 Å². The number of carbonyl (C=O) groups excluding carboxylic acids is 1. The molecule has 0 aromatic heterocycles. The summed E-state index contributed by atoms with van der Waals surface area (Å²) >= 11 is 0. The smallest absolute Gasteiger partial charge is 0.312 e. The van der Waals surface area contributed by atoms with Crippen LogP contribution in [0.4, 0.5) is 0 Å². The summed E-state index contributed by atoms with van der Waals surface area (Å²) in [6.45, 7) is 4.54. The molecule has 2 unspecified atom stereocenters. The summed E-state index contributed by atoms with van der Waals surface area (Å²) in [7, 11) is 0. The van der Waals surface area contributed by atoms with Gasteiger partial charge in [-0.25, -0.2) is 0 Å². The lowest BCUT2D eigenvalue weighted by atomic mass is 9.71. The third kappa shape index (κ3) is 4.18. The van der Waals surface area contributed by atoms with Crippen LogP contribution in [-0.2, 0) is 16.1 Å². The van der Waals surface area contributed by atoms with E-state index in [0.717, 1.165) is 17.6 Å². The second-order valence-electron chi connectivity index (χ2n) is 6.28. The molecule has 1 aliphatic rings. The van der Waals surface area contributed by atoms with E-state index in [0.29, 0.717) is 25.4 Å². The second-order valence-corrected chi connectivity index (χ2v) is 6.28. The molecule has 0 aliphatic heterocycles. The fourth-order valence-electron chi connectivity index (χ4n) is 3.17. The summed E-state index contributed by atoms with van der Waals surface area (Å²) < 4.78 is 5.52. The van der Waals surface area contributed by atoms with Gasteiger partial charge in [-0.1, -0.05) is 48.9 Å². The van der Waals surface area contributed by atoms with E-state index in [9.17, 15) is 4.79 Å². The maximum atomic E-state index is 12.5. The van der Waals surface area contributed by atoms with Crippen molar-refractivity contribution in [3.05, 3.63) is 47.5 Å². The maximum absolute atomic E-state index is 12.5. The molecule has 21 heavy (non-hydrogen) atoms. The van der Waals surface area contributed by atoms with Crippen molar-refractivity contribution in [2.24, 2.45) is 11.3 Å². The normalized spacial score (nSPS) is 25.3. The molecule has 0 amide bonds. The van der Waals surface area contributed by atoms with Gasteiger partial charge in [0.15, 0.2) is 0 Å². The topological polar surface area (TPSA) is 46.5 Å². The summed E-state index contributed by atoms with van der Waals surface area (Å²) in [4.78, 5) is 12.5. The minimum atomic E-state index is -0.479. The molecule has 114 valence electrons. The van der Waals surface area contributed by atoms with Crippen molar-refractivity contribution in [1.29, 1.82) is 0 Å². The van der Waals surface area contributed by atoms with Gasteiger partial charge in [-0.15, -0.1) is 0 Å². The molecule has 0 spiro atoms. The average molecular weight is 288 g/mol. The lowest BCUT2D eigenvalue weighted by Crippen LogP contribution is -2.34. The van der Waals surface area contributed by atoms with E-state index in [1.165, 1.54) is 0 Å². The van der Waals surface area contributed by atoms with Crippen molar-refractivity contribution in [2.45, 2.75) is 39.7 Å². The van der Waals surface area contributed by atoms with Crippen LogP contribution in [0, 0.1) is 11.3 Å². The van der Waals surface area contributed by atoms with Crippen LogP contribution in [0.3, 0.4) is 0 Å². The Morgan fingerprint density at radius 1 is 1.38 bits per heavy atom. The molecule has 3 nitrogen and oxygen atoms in total. The molecule has 2 rings (SSSR count). The molecule has 1 N–H and O–H groups in total. The standard InChI is InChI=1S/C18H24O3/c1-14-10-16(8-9-19)12-18(2,11-14)17(20)21-13-15-6-4-3-5-7-15/h3-7,10,14,19H,8-9,11-13H2,1-2H3.